The fraction of sp³-hybridized carbons (Fsp3) is 0.273. The van der Waals surface area contributed by atoms with E-state index in [-0.39, 0.29) is 5.23 Å². The van der Waals surface area contributed by atoms with Gasteiger partial charge in [-0.15, -0.1) is 23.2 Å². The molecule has 108 valence electrons. The van der Waals surface area contributed by atoms with Crippen LogP contribution in [0.4, 0.5) is 15.0 Å². The molecule has 9 heteroatoms. The van der Waals surface area contributed by atoms with Crippen molar-refractivity contribution in [3.63, 3.8) is 0 Å². The predicted molar refractivity (Wildman–Crippen MR) is 78.8 cm³/mol. The van der Waals surface area contributed by atoms with E-state index in [1.807, 2.05) is 0 Å². The molecule has 1 aliphatic rings. The lowest BCUT2D eigenvalue weighted by molar-refractivity contribution is 0.0707. The zero-order chi connectivity index (χ0) is 14.9. The molecule has 1 heterocycles. The molecule has 1 N–H and O–H groups in total. The van der Waals surface area contributed by atoms with Crippen LogP contribution in [-0.2, 0) is 0 Å². The molecule has 2 amide bonds. The highest BCUT2D eigenvalue weighted by Crippen LogP contribution is 2.35. The number of alkyl halides is 2. The summed E-state index contributed by atoms with van der Waals surface area (Å²) in [6, 6.07) is 5.31. The summed E-state index contributed by atoms with van der Waals surface area (Å²) in [5.41, 5.74) is -1.21. The number of halogens is 3. The molecule has 5 nitrogen and oxygen atoms in total. The van der Waals surface area contributed by atoms with Crippen LogP contribution >= 0.6 is 35.4 Å². The molecule has 0 saturated carbocycles. The summed E-state index contributed by atoms with van der Waals surface area (Å²) in [7, 11) is 1.51. The van der Waals surface area contributed by atoms with Crippen LogP contribution in [0.5, 0.6) is 5.75 Å². The van der Waals surface area contributed by atoms with E-state index >= 15 is 0 Å². The molecule has 1 saturated heterocycles. The Morgan fingerprint density at radius 3 is 2.50 bits per heavy atom. The zero-order valence-electron chi connectivity index (χ0n) is 10.2. The summed E-state index contributed by atoms with van der Waals surface area (Å²) in [5.74, 6) is 0.582. The fourth-order valence-electron chi connectivity index (χ4n) is 1.82. The van der Waals surface area contributed by atoms with Crippen molar-refractivity contribution in [3.05, 3.63) is 24.3 Å². The molecule has 0 spiro atoms. The second-order valence-electron chi connectivity index (χ2n) is 3.94. The Morgan fingerprint density at radius 2 is 2.05 bits per heavy atom. The summed E-state index contributed by atoms with van der Waals surface area (Å²) in [6.07, 6.45) is 0. The van der Waals surface area contributed by atoms with E-state index in [2.05, 4.69) is 5.32 Å². The van der Waals surface area contributed by atoms with Crippen LogP contribution in [0.2, 0.25) is 0 Å². The summed E-state index contributed by atoms with van der Waals surface area (Å²) < 4.78 is 19.0. The third-order valence-electron chi connectivity index (χ3n) is 2.83. The smallest absolute Gasteiger partial charge is 0.368 e. The molecule has 1 fully saturated rings. The number of hydrazine groups is 1. The van der Waals surface area contributed by atoms with E-state index < -0.39 is 16.5 Å². The van der Waals surface area contributed by atoms with Crippen molar-refractivity contribution in [2.24, 2.45) is 0 Å². The number of carbonyl (C=O) groups is 1. The van der Waals surface area contributed by atoms with Crippen molar-refractivity contribution in [1.29, 1.82) is 0 Å². The maximum absolute atomic E-state index is 14.0. The predicted octanol–water partition coefficient (Wildman–Crippen LogP) is 2.83. The first-order valence-corrected chi connectivity index (χ1v) is 6.77. The lowest BCUT2D eigenvalue weighted by Crippen LogP contribution is -2.59. The molecular formula is C11H10Cl2FN3O2S. The van der Waals surface area contributed by atoms with Crippen molar-refractivity contribution in [2.45, 2.75) is 10.5 Å². The fourth-order valence-corrected chi connectivity index (χ4v) is 2.69. The maximum atomic E-state index is 14.0. The highest BCUT2D eigenvalue weighted by molar-refractivity contribution is 7.79. The average Bonchev–Trinajstić information content (AvgIpc) is 2.72. The second kappa shape index (κ2) is 5.59. The Labute approximate surface area is 130 Å². The van der Waals surface area contributed by atoms with E-state index in [4.69, 9.17) is 40.2 Å². The number of ether oxygens (including phenoxy) is 1. The summed E-state index contributed by atoms with van der Waals surface area (Å²) in [6.45, 7) is 0. The molecule has 1 aromatic rings. The van der Waals surface area contributed by atoms with Gasteiger partial charge in [-0.1, -0.05) is 21.9 Å². The Morgan fingerprint density at radius 1 is 1.45 bits per heavy atom. The molecule has 2 rings (SSSR count). The van der Waals surface area contributed by atoms with Crippen LogP contribution < -0.4 is 15.1 Å². The topological polar surface area (TPSA) is 44.8 Å². The van der Waals surface area contributed by atoms with Gasteiger partial charge in [0.1, 0.15) is 5.75 Å². The van der Waals surface area contributed by atoms with Crippen molar-refractivity contribution in [1.82, 2.24) is 10.5 Å². The second-order valence-corrected chi connectivity index (χ2v) is 5.28. The van der Waals surface area contributed by atoms with E-state index in [9.17, 15) is 9.28 Å². The molecular weight excluding hydrogens is 328 g/mol. The number of carbonyl (C=O) groups excluding carboxylic acids is 1. The molecule has 1 unspecified atom stereocenters. The number of thiocarbonyl (C=S) groups is 1. The number of anilines is 1. The van der Waals surface area contributed by atoms with Gasteiger partial charge in [0, 0.05) is 5.37 Å². The molecule has 20 heavy (non-hydrogen) atoms. The van der Waals surface area contributed by atoms with Crippen molar-refractivity contribution in [3.8, 4) is 5.75 Å². The normalized spacial score (nSPS) is 22.1. The number of nitrogens with one attached hydrogen (secondary N) is 1. The summed E-state index contributed by atoms with van der Waals surface area (Å²) in [5, 5.41) is 4.27. The van der Waals surface area contributed by atoms with Crippen LogP contribution in [0.15, 0.2) is 24.3 Å². The molecule has 1 aromatic carbocycles. The van der Waals surface area contributed by atoms with Gasteiger partial charge in [0.2, 0.25) is 0 Å². The van der Waals surface area contributed by atoms with Gasteiger partial charge in [0.05, 0.1) is 12.8 Å². The number of nitrogens with zero attached hydrogens (tertiary/aromatic N) is 2. The molecule has 1 aliphatic heterocycles. The largest absolute Gasteiger partial charge is 0.497 e. The van der Waals surface area contributed by atoms with Crippen molar-refractivity contribution in [2.75, 3.05) is 12.1 Å². The van der Waals surface area contributed by atoms with Gasteiger partial charge < -0.3 is 10.1 Å². The van der Waals surface area contributed by atoms with Gasteiger partial charge in [-0.2, -0.15) is 0 Å². The van der Waals surface area contributed by atoms with Gasteiger partial charge in [-0.3, -0.25) is 0 Å². The van der Waals surface area contributed by atoms with E-state index in [1.54, 1.807) is 24.3 Å². The minimum Gasteiger partial charge on any atom is -0.497 e. The number of amides is 2. The first-order valence-electron chi connectivity index (χ1n) is 5.43. The van der Waals surface area contributed by atoms with Gasteiger partial charge >= 0.3 is 6.03 Å². The highest BCUT2D eigenvalue weighted by atomic mass is 35.5. The third kappa shape index (κ3) is 2.25. The number of benzene rings is 1. The minimum atomic E-state index is -1.54. The Bertz CT molecular complexity index is 531. The number of hydrogen-bond acceptors (Lipinski definition) is 4. The molecule has 0 aliphatic carbocycles. The van der Waals surface area contributed by atoms with Crippen molar-refractivity contribution >= 4 is 52.5 Å². The lowest BCUT2D eigenvalue weighted by Gasteiger charge is -2.35. The molecule has 0 bridgehead atoms. The van der Waals surface area contributed by atoms with Crippen LogP contribution in [0.25, 0.3) is 0 Å². The number of methoxy groups -OCH3 is 1. The standard InChI is InChI=1S/C11H10Cl2FN3O2S/c1-19-8-4-2-7(3-5-8)16-11(6-20,9(12)13)15-10(18)17(16)14/h2-6,9H,1H3,(H,15,18). The van der Waals surface area contributed by atoms with Gasteiger partial charge in [0.25, 0.3) is 0 Å². The lowest BCUT2D eigenvalue weighted by atomic mass is 10.2. The molecule has 0 aromatic heterocycles. The Hall–Kier alpha value is -1.31. The summed E-state index contributed by atoms with van der Waals surface area (Å²) >= 11 is 16.6. The average molecular weight is 338 g/mol. The molecule has 0 radical (unpaired) electrons. The van der Waals surface area contributed by atoms with Gasteiger partial charge in [-0.25, -0.2) is 9.80 Å². The van der Waals surface area contributed by atoms with E-state index in [0.717, 1.165) is 10.4 Å². The number of rotatable bonds is 4. The first kappa shape index (κ1) is 15.1. The minimum absolute atomic E-state index is 0.123. The highest BCUT2D eigenvalue weighted by Gasteiger charge is 2.54. The van der Waals surface area contributed by atoms with Gasteiger partial charge in [-0.05, 0) is 24.3 Å². The van der Waals surface area contributed by atoms with Crippen LogP contribution in [-0.4, -0.2) is 34.2 Å². The third-order valence-corrected chi connectivity index (χ3v) is 3.85. The van der Waals surface area contributed by atoms with Crippen LogP contribution in [0.3, 0.4) is 0 Å². The van der Waals surface area contributed by atoms with Gasteiger partial charge in [0.15, 0.2) is 10.5 Å². The summed E-state index contributed by atoms with van der Waals surface area (Å²) in [4.78, 5) is 10.4. The van der Waals surface area contributed by atoms with Crippen LogP contribution in [0, 0.1) is 0 Å². The SMILES string of the molecule is COc1ccc(N2N(F)C(=O)NC2(C=S)C(Cl)Cl)cc1. The van der Waals surface area contributed by atoms with E-state index in [1.165, 1.54) is 7.11 Å². The van der Waals surface area contributed by atoms with Crippen LogP contribution in [0.1, 0.15) is 0 Å². The Balaban J connectivity index is 2.48. The molecule has 1 atom stereocenters. The monoisotopic (exact) mass is 337 g/mol. The first-order chi connectivity index (χ1) is 9.46. The Kier molecular flexibility index (Phi) is 4.22. The maximum Gasteiger partial charge on any atom is 0.368 e. The quantitative estimate of drug-likeness (QED) is 0.521. The zero-order valence-corrected chi connectivity index (χ0v) is 12.5. The van der Waals surface area contributed by atoms with E-state index in [0.29, 0.717) is 11.4 Å². The van der Waals surface area contributed by atoms with Crippen molar-refractivity contribution < 1.29 is 14.0 Å². The number of hydrogen-bond donors (Lipinski definition) is 1. The number of urea groups is 1.